The summed E-state index contributed by atoms with van der Waals surface area (Å²) in [5, 5.41) is 0. The third kappa shape index (κ3) is 1.58. The Morgan fingerprint density at radius 2 is 2.00 bits per heavy atom. The minimum absolute atomic E-state index is 0. The van der Waals surface area contributed by atoms with Crippen LogP contribution in [0.15, 0.2) is 0 Å². The summed E-state index contributed by atoms with van der Waals surface area (Å²) in [5.74, 6) is 0. The van der Waals surface area contributed by atoms with E-state index >= 15 is 0 Å². The smallest absolute Gasteiger partial charge is 0.0373 e. The lowest BCUT2D eigenvalue weighted by molar-refractivity contribution is 0.328. The van der Waals surface area contributed by atoms with Gasteiger partial charge in [0.25, 0.3) is 0 Å². The first-order valence-corrected chi connectivity index (χ1v) is 1.79. The molecule has 0 aromatic heterocycles. The molecule has 1 nitrogen and oxygen atoms in total. The van der Waals surface area contributed by atoms with Crippen molar-refractivity contribution in [2.45, 2.75) is 18.9 Å². The van der Waals surface area contributed by atoms with Gasteiger partial charge in [0.2, 0.25) is 0 Å². The Bertz CT molecular complexity index is 37.8. The van der Waals surface area contributed by atoms with Gasteiger partial charge in [-0.1, -0.05) is 0 Å². The molecule has 0 amide bonds. The molecule has 0 aromatic rings. The van der Waals surface area contributed by atoms with E-state index in [9.17, 15) is 4.48 Å². The Balaban J connectivity index is 0.000000250. The molecular weight excluding hydrogens is 104 g/mol. The summed E-state index contributed by atoms with van der Waals surface area (Å²) in [5.41, 5.74) is 1.64. The molecule has 1 aliphatic rings. The quantitative estimate of drug-likeness (QED) is 0.499. The monoisotopic (exact) mass is 111 g/mol. The first-order chi connectivity index (χ1) is 2.43. The minimum Gasteiger partial charge on any atom is -0.156 e. The lowest BCUT2D eigenvalue weighted by Gasteiger charge is -1.74. The highest BCUT2D eigenvalue weighted by Crippen LogP contribution is 2.17. The Kier molecular flexibility index (Phi) is 2.44. The first kappa shape index (κ1) is 6.18. The summed E-state index contributed by atoms with van der Waals surface area (Å²) < 4.78 is 10.9. The van der Waals surface area contributed by atoms with Crippen molar-refractivity contribution in [3.63, 3.8) is 0 Å². The van der Waals surface area contributed by atoms with Gasteiger partial charge in [-0.15, -0.1) is 16.9 Å². The predicted molar refractivity (Wildman–Crippen MR) is 24.5 cm³/mol. The van der Waals surface area contributed by atoms with E-state index in [1.54, 1.807) is 5.54 Å². The fourth-order valence-corrected chi connectivity index (χ4v) is 0.192. The van der Waals surface area contributed by atoms with Crippen LogP contribution in [0.25, 0.3) is 0 Å². The van der Waals surface area contributed by atoms with Crippen LogP contribution in [-0.2, 0) is 0 Å². The lowest BCUT2D eigenvalue weighted by Crippen LogP contribution is -1.99. The third-order valence-electron chi connectivity index (χ3n) is 0.732. The van der Waals surface area contributed by atoms with Gasteiger partial charge >= 0.3 is 0 Å². The molecule has 0 heterocycles. The molecule has 1 aliphatic carbocycles. The molecule has 0 spiro atoms. The topological polar surface area (TPSA) is 12.0 Å². The highest BCUT2D eigenvalue weighted by Gasteiger charge is 2.19. The molecule has 0 atom stereocenters. The van der Waals surface area contributed by atoms with Crippen molar-refractivity contribution in [2.75, 3.05) is 0 Å². The van der Waals surface area contributed by atoms with Gasteiger partial charge in [0.15, 0.2) is 0 Å². The van der Waals surface area contributed by atoms with E-state index in [0.29, 0.717) is 0 Å². The molecule has 0 radical (unpaired) electrons. The maximum absolute atomic E-state index is 10.9. The molecule has 0 bridgehead atoms. The van der Waals surface area contributed by atoms with E-state index in [1.807, 2.05) is 0 Å². The zero-order valence-electron chi connectivity index (χ0n) is 3.28. The SMILES string of the molecule is Cl.FNC1CC1. The number of rotatable bonds is 1. The molecule has 0 aliphatic heterocycles. The van der Waals surface area contributed by atoms with Crippen LogP contribution in [0.2, 0.25) is 0 Å². The van der Waals surface area contributed by atoms with Gasteiger partial charge in [0, 0.05) is 6.04 Å². The summed E-state index contributed by atoms with van der Waals surface area (Å²) in [6, 6.07) is 0.218. The van der Waals surface area contributed by atoms with Crippen LogP contribution in [-0.4, -0.2) is 6.04 Å². The Morgan fingerprint density at radius 1 is 1.50 bits per heavy atom. The van der Waals surface area contributed by atoms with Gasteiger partial charge in [0.05, 0.1) is 0 Å². The average Bonchev–Trinajstić information content (AvgIpc) is 2.12. The number of hydrogen-bond acceptors (Lipinski definition) is 1. The van der Waals surface area contributed by atoms with Gasteiger partial charge in [-0.2, -0.15) is 5.54 Å². The zero-order valence-corrected chi connectivity index (χ0v) is 4.09. The maximum Gasteiger partial charge on any atom is 0.0373 e. The largest absolute Gasteiger partial charge is 0.156 e. The number of hydrogen-bond donors (Lipinski definition) is 1. The molecule has 1 rings (SSSR count). The van der Waals surface area contributed by atoms with Crippen LogP contribution in [0.5, 0.6) is 0 Å². The van der Waals surface area contributed by atoms with Gasteiger partial charge in [-0.05, 0) is 12.8 Å². The molecule has 1 saturated carbocycles. The molecule has 38 valence electrons. The van der Waals surface area contributed by atoms with E-state index in [-0.39, 0.29) is 18.4 Å². The van der Waals surface area contributed by atoms with Crippen LogP contribution in [0, 0.1) is 0 Å². The van der Waals surface area contributed by atoms with Crippen LogP contribution < -0.4 is 5.54 Å². The molecule has 3 heteroatoms. The van der Waals surface area contributed by atoms with Crippen LogP contribution >= 0.6 is 12.4 Å². The fourth-order valence-electron chi connectivity index (χ4n) is 0.192. The molecule has 0 unspecified atom stereocenters. The van der Waals surface area contributed by atoms with Gasteiger partial charge in [0.1, 0.15) is 0 Å². The number of halogens is 2. The second-order valence-corrected chi connectivity index (χ2v) is 1.38. The Labute approximate surface area is 42.3 Å². The van der Waals surface area contributed by atoms with Crippen molar-refractivity contribution in [2.24, 2.45) is 0 Å². The second-order valence-electron chi connectivity index (χ2n) is 1.38. The maximum atomic E-state index is 10.9. The van der Waals surface area contributed by atoms with E-state index in [0.717, 1.165) is 12.8 Å². The van der Waals surface area contributed by atoms with Crippen molar-refractivity contribution >= 4 is 12.4 Å². The van der Waals surface area contributed by atoms with Crippen molar-refractivity contribution in [3.8, 4) is 0 Å². The highest BCUT2D eigenvalue weighted by molar-refractivity contribution is 5.85. The highest BCUT2D eigenvalue weighted by atomic mass is 35.5. The van der Waals surface area contributed by atoms with Crippen molar-refractivity contribution in [1.29, 1.82) is 0 Å². The van der Waals surface area contributed by atoms with E-state index in [2.05, 4.69) is 0 Å². The first-order valence-electron chi connectivity index (χ1n) is 1.79. The van der Waals surface area contributed by atoms with Gasteiger partial charge in [-0.3, -0.25) is 0 Å². The van der Waals surface area contributed by atoms with Crippen LogP contribution in [0.4, 0.5) is 4.48 Å². The summed E-state index contributed by atoms with van der Waals surface area (Å²) in [6.45, 7) is 0. The molecular formula is C3H7ClFN. The van der Waals surface area contributed by atoms with Crippen molar-refractivity contribution in [1.82, 2.24) is 5.54 Å². The zero-order chi connectivity index (χ0) is 3.70. The van der Waals surface area contributed by atoms with Gasteiger partial charge < -0.3 is 0 Å². The summed E-state index contributed by atoms with van der Waals surface area (Å²) >= 11 is 0. The van der Waals surface area contributed by atoms with Crippen LogP contribution in [0.3, 0.4) is 0 Å². The van der Waals surface area contributed by atoms with Crippen LogP contribution in [0.1, 0.15) is 12.8 Å². The molecule has 0 aromatic carbocycles. The summed E-state index contributed by atoms with van der Waals surface area (Å²) in [6.07, 6.45) is 2.05. The second kappa shape index (κ2) is 2.37. The third-order valence-corrected chi connectivity index (χ3v) is 0.732. The minimum atomic E-state index is 0. The van der Waals surface area contributed by atoms with Crippen molar-refractivity contribution in [3.05, 3.63) is 0 Å². The molecule has 6 heavy (non-hydrogen) atoms. The Morgan fingerprint density at radius 3 is 2.00 bits per heavy atom. The standard InChI is InChI=1S/C3H6FN.ClH/c4-5-3-1-2-3;/h3,5H,1-2H2;1H. The predicted octanol–water partition coefficient (Wildman–Crippen LogP) is 1.04. The molecule has 1 N–H and O–H groups in total. The summed E-state index contributed by atoms with van der Waals surface area (Å²) in [7, 11) is 0. The normalized spacial score (nSPS) is 19.5. The van der Waals surface area contributed by atoms with Gasteiger partial charge in [-0.25, -0.2) is 0 Å². The van der Waals surface area contributed by atoms with Crippen molar-refractivity contribution < 1.29 is 4.48 Å². The van der Waals surface area contributed by atoms with E-state index in [1.165, 1.54) is 0 Å². The lowest BCUT2D eigenvalue weighted by atomic mass is 10.8. The van der Waals surface area contributed by atoms with E-state index < -0.39 is 0 Å². The number of nitrogens with one attached hydrogen (secondary N) is 1. The molecule has 0 saturated heterocycles. The average molecular weight is 112 g/mol. The molecule has 1 fully saturated rings. The Hall–Kier alpha value is 0.180. The van der Waals surface area contributed by atoms with E-state index in [4.69, 9.17) is 0 Å². The summed E-state index contributed by atoms with van der Waals surface area (Å²) in [4.78, 5) is 0. The fraction of sp³-hybridized carbons (Fsp3) is 1.00.